The van der Waals surface area contributed by atoms with Crippen molar-refractivity contribution >= 4 is 22.0 Å². The number of hydrogen-bond acceptors (Lipinski definition) is 7. The first-order chi connectivity index (χ1) is 16.3. The number of hydrogen-bond donors (Lipinski definition) is 2. The number of carbonyl (C=O) groups excluding carboxylic acids is 2. The number of nitrogens with one attached hydrogen (secondary N) is 2. The zero-order valence-electron chi connectivity index (χ0n) is 19.6. The van der Waals surface area contributed by atoms with Gasteiger partial charge in [-0.2, -0.15) is 4.31 Å². The Bertz CT molecular complexity index is 993. The minimum Gasteiger partial charge on any atom is -0.490 e. The van der Waals surface area contributed by atoms with Crippen molar-refractivity contribution < 1.29 is 27.5 Å². The fourth-order valence-electron chi connectivity index (χ4n) is 4.69. The second kappa shape index (κ2) is 10.9. The van der Waals surface area contributed by atoms with Gasteiger partial charge in [0.15, 0.2) is 11.5 Å². The number of imide groups is 1. The van der Waals surface area contributed by atoms with E-state index in [1.165, 1.54) is 22.9 Å². The zero-order chi connectivity index (χ0) is 24.1. The van der Waals surface area contributed by atoms with Crippen molar-refractivity contribution in [2.75, 3.05) is 45.9 Å². The Labute approximate surface area is 201 Å². The van der Waals surface area contributed by atoms with Gasteiger partial charge in [0, 0.05) is 44.7 Å². The number of benzene rings is 1. The van der Waals surface area contributed by atoms with Gasteiger partial charge in [-0.15, -0.1) is 0 Å². The molecular formula is C23H34N4O6S. The number of fused-ring (bicyclic) bond motifs is 1. The van der Waals surface area contributed by atoms with Gasteiger partial charge in [-0.25, -0.2) is 13.2 Å². The summed E-state index contributed by atoms with van der Waals surface area (Å²) in [5.74, 6) is 1.01. The van der Waals surface area contributed by atoms with Gasteiger partial charge in [-0.3, -0.25) is 15.0 Å². The maximum absolute atomic E-state index is 13.1. The number of nitrogens with zero attached hydrogens (tertiary/aromatic N) is 2. The summed E-state index contributed by atoms with van der Waals surface area (Å²) >= 11 is 0. The van der Waals surface area contributed by atoms with Gasteiger partial charge < -0.3 is 14.8 Å². The van der Waals surface area contributed by atoms with Crippen LogP contribution in [0.4, 0.5) is 4.79 Å². The van der Waals surface area contributed by atoms with Crippen LogP contribution in [0.1, 0.15) is 39.0 Å². The van der Waals surface area contributed by atoms with E-state index in [-0.39, 0.29) is 36.5 Å². The number of amides is 3. The highest BCUT2D eigenvalue weighted by Gasteiger charge is 2.30. The Balaban J connectivity index is 1.26. The smallest absolute Gasteiger partial charge is 0.321 e. The standard InChI is InChI=1S/C23H34N4O6S/c1-17-5-2-3-6-19(17)24-23(29)25-22(28)16-26-9-11-27(12-10-26)34(30,31)18-7-8-20-21(15-18)33-14-4-13-32-20/h7-8,15,17,19H,2-6,9-14,16H2,1H3,(H2,24,25,28,29)/t17-,19+/m1/s1. The Kier molecular flexibility index (Phi) is 7.95. The fourth-order valence-corrected chi connectivity index (χ4v) is 6.12. The minimum absolute atomic E-state index is 0.0472. The number of sulfonamides is 1. The van der Waals surface area contributed by atoms with E-state index in [4.69, 9.17) is 9.47 Å². The number of ether oxygens (including phenoxy) is 2. The molecule has 4 rings (SSSR count). The predicted molar refractivity (Wildman–Crippen MR) is 125 cm³/mol. The number of rotatable bonds is 5. The highest BCUT2D eigenvalue weighted by atomic mass is 32.2. The predicted octanol–water partition coefficient (Wildman–Crippen LogP) is 1.56. The van der Waals surface area contributed by atoms with Crippen LogP contribution in [0.15, 0.2) is 23.1 Å². The summed E-state index contributed by atoms with van der Waals surface area (Å²) in [6.45, 7) is 4.50. The molecule has 0 bridgehead atoms. The lowest BCUT2D eigenvalue weighted by atomic mass is 9.86. The third-order valence-corrected chi connectivity index (χ3v) is 8.63. The molecule has 0 radical (unpaired) electrons. The molecule has 1 saturated heterocycles. The maximum atomic E-state index is 13.1. The molecule has 34 heavy (non-hydrogen) atoms. The summed E-state index contributed by atoms with van der Waals surface area (Å²) in [6.07, 6.45) is 5.02. The van der Waals surface area contributed by atoms with Gasteiger partial charge in [0.2, 0.25) is 15.9 Å². The molecule has 0 aromatic heterocycles. The monoisotopic (exact) mass is 494 g/mol. The molecular weight excluding hydrogens is 460 g/mol. The van der Waals surface area contributed by atoms with Crippen molar-refractivity contribution in [3.05, 3.63) is 18.2 Å². The summed E-state index contributed by atoms with van der Waals surface area (Å²) in [4.78, 5) is 26.6. The molecule has 2 atom stereocenters. The van der Waals surface area contributed by atoms with Crippen molar-refractivity contribution in [2.24, 2.45) is 5.92 Å². The molecule has 1 saturated carbocycles. The van der Waals surface area contributed by atoms with Gasteiger partial charge in [-0.05, 0) is 30.9 Å². The molecule has 11 heteroatoms. The van der Waals surface area contributed by atoms with Crippen LogP contribution in [0.3, 0.4) is 0 Å². The molecule has 0 unspecified atom stereocenters. The van der Waals surface area contributed by atoms with E-state index in [2.05, 4.69) is 17.6 Å². The van der Waals surface area contributed by atoms with Crippen molar-refractivity contribution in [1.82, 2.24) is 19.8 Å². The summed E-state index contributed by atoms with van der Waals surface area (Å²) in [7, 11) is -3.69. The Hall–Kier alpha value is -2.37. The van der Waals surface area contributed by atoms with Crippen molar-refractivity contribution in [2.45, 2.75) is 50.0 Å². The second-order valence-electron chi connectivity index (χ2n) is 9.23. The number of piperazine rings is 1. The Morgan fingerprint density at radius 2 is 1.71 bits per heavy atom. The molecule has 3 amide bonds. The first-order valence-corrected chi connectivity index (χ1v) is 13.5. The van der Waals surface area contributed by atoms with Gasteiger partial charge >= 0.3 is 6.03 Å². The molecule has 2 heterocycles. The zero-order valence-corrected chi connectivity index (χ0v) is 20.4. The summed E-state index contributed by atoms with van der Waals surface area (Å²) in [5.41, 5.74) is 0. The van der Waals surface area contributed by atoms with E-state index in [1.54, 1.807) is 6.07 Å². The van der Waals surface area contributed by atoms with Crippen LogP contribution in [-0.2, 0) is 14.8 Å². The van der Waals surface area contributed by atoms with Crippen LogP contribution in [-0.4, -0.2) is 81.5 Å². The highest BCUT2D eigenvalue weighted by molar-refractivity contribution is 7.89. The SMILES string of the molecule is C[C@@H]1CCCC[C@@H]1NC(=O)NC(=O)CN1CCN(S(=O)(=O)c2ccc3c(c2)OCCCO3)CC1. The second-order valence-corrected chi connectivity index (χ2v) is 11.2. The van der Waals surface area contributed by atoms with Gasteiger partial charge in [0.05, 0.1) is 24.7 Å². The molecule has 10 nitrogen and oxygen atoms in total. The van der Waals surface area contributed by atoms with Crippen LogP contribution in [0.25, 0.3) is 0 Å². The summed E-state index contributed by atoms with van der Waals surface area (Å²) in [5, 5.41) is 5.32. The maximum Gasteiger partial charge on any atom is 0.321 e. The Morgan fingerprint density at radius 3 is 2.44 bits per heavy atom. The molecule has 1 aromatic carbocycles. The van der Waals surface area contributed by atoms with Crippen LogP contribution >= 0.6 is 0 Å². The third-order valence-electron chi connectivity index (χ3n) is 6.74. The molecule has 188 valence electrons. The van der Waals surface area contributed by atoms with Crippen molar-refractivity contribution in [1.29, 1.82) is 0 Å². The average Bonchev–Trinajstić information content (AvgIpc) is 3.06. The van der Waals surface area contributed by atoms with Gasteiger partial charge in [-0.1, -0.05) is 19.8 Å². The van der Waals surface area contributed by atoms with Gasteiger partial charge in [0.1, 0.15) is 0 Å². The highest BCUT2D eigenvalue weighted by Crippen LogP contribution is 2.33. The minimum atomic E-state index is -3.69. The average molecular weight is 495 g/mol. The first-order valence-electron chi connectivity index (χ1n) is 12.1. The summed E-state index contributed by atoms with van der Waals surface area (Å²) < 4.78 is 38.9. The lowest BCUT2D eigenvalue weighted by Crippen LogP contribution is -2.53. The van der Waals surface area contributed by atoms with Crippen LogP contribution < -0.4 is 20.1 Å². The molecule has 2 fully saturated rings. The topological polar surface area (TPSA) is 117 Å². The lowest BCUT2D eigenvalue weighted by Gasteiger charge is -2.33. The molecule has 2 aliphatic heterocycles. The van der Waals surface area contributed by atoms with Crippen LogP contribution in [0.2, 0.25) is 0 Å². The van der Waals surface area contributed by atoms with E-state index in [0.717, 1.165) is 25.7 Å². The van der Waals surface area contributed by atoms with Crippen molar-refractivity contribution in [3.63, 3.8) is 0 Å². The van der Waals surface area contributed by atoms with E-state index in [0.29, 0.717) is 43.7 Å². The van der Waals surface area contributed by atoms with E-state index >= 15 is 0 Å². The normalized spacial score (nSPS) is 24.1. The number of carbonyl (C=O) groups is 2. The van der Waals surface area contributed by atoms with E-state index < -0.39 is 16.1 Å². The third kappa shape index (κ3) is 6.00. The molecule has 3 aliphatic rings. The molecule has 1 aliphatic carbocycles. The van der Waals surface area contributed by atoms with Crippen molar-refractivity contribution in [3.8, 4) is 11.5 Å². The first kappa shape index (κ1) is 24.7. The summed E-state index contributed by atoms with van der Waals surface area (Å²) in [6, 6.07) is 4.32. The Morgan fingerprint density at radius 1 is 1.00 bits per heavy atom. The lowest BCUT2D eigenvalue weighted by molar-refractivity contribution is -0.121. The largest absolute Gasteiger partial charge is 0.490 e. The molecule has 2 N–H and O–H groups in total. The molecule has 0 spiro atoms. The van der Waals surface area contributed by atoms with Gasteiger partial charge in [0.25, 0.3) is 0 Å². The number of urea groups is 1. The van der Waals surface area contributed by atoms with E-state index in [1.807, 2.05) is 4.90 Å². The quantitative estimate of drug-likeness (QED) is 0.638. The molecule has 1 aromatic rings. The fraction of sp³-hybridized carbons (Fsp3) is 0.652. The van der Waals surface area contributed by atoms with Crippen LogP contribution in [0, 0.1) is 5.92 Å². The van der Waals surface area contributed by atoms with Crippen LogP contribution in [0.5, 0.6) is 11.5 Å². The van der Waals surface area contributed by atoms with E-state index in [9.17, 15) is 18.0 Å².